The normalized spacial score (nSPS) is 17.7. The van der Waals surface area contributed by atoms with Crippen molar-refractivity contribution < 1.29 is 9.90 Å². The lowest BCUT2D eigenvalue weighted by Gasteiger charge is -2.37. The monoisotopic (exact) mass is 347 g/mol. The minimum atomic E-state index is -0.856. The van der Waals surface area contributed by atoms with Gasteiger partial charge in [0.1, 0.15) is 11.9 Å². The van der Waals surface area contributed by atoms with Crippen molar-refractivity contribution in [1.29, 1.82) is 0 Å². The van der Waals surface area contributed by atoms with E-state index in [1.54, 1.807) is 29.7 Å². The molecule has 0 aromatic carbocycles. The minimum absolute atomic E-state index is 0.395. The van der Waals surface area contributed by atoms with E-state index >= 15 is 0 Å². The number of rotatable bonds is 5. The molecule has 8 heteroatoms. The SMILES string of the molecule is Cc1nc(CN2CCN(C(C(=O)O)c3ccc(N)nc3)CC2)cs1. The molecular formula is C16H21N5O2S. The molecule has 2 aromatic heterocycles. The second-order valence-corrected chi connectivity index (χ2v) is 6.99. The van der Waals surface area contributed by atoms with Gasteiger partial charge in [-0.1, -0.05) is 6.07 Å². The maximum Gasteiger partial charge on any atom is 0.325 e. The van der Waals surface area contributed by atoms with Crippen LogP contribution in [-0.4, -0.2) is 57.0 Å². The molecule has 1 aliphatic rings. The number of hydrogen-bond donors (Lipinski definition) is 2. The first-order valence-corrected chi connectivity index (χ1v) is 8.72. The first-order valence-electron chi connectivity index (χ1n) is 7.84. The molecule has 1 aliphatic heterocycles. The number of carboxylic acids is 1. The summed E-state index contributed by atoms with van der Waals surface area (Å²) in [6.45, 7) is 5.87. The van der Waals surface area contributed by atoms with Gasteiger partial charge in [-0.3, -0.25) is 14.6 Å². The molecule has 128 valence electrons. The summed E-state index contributed by atoms with van der Waals surface area (Å²) < 4.78 is 0. The highest BCUT2D eigenvalue weighted by Crippen LogP contribution is 2.23. The Balaban J connectivity index is 1.63. The summed E-state index contributed by atoms with van der Waals surface area (Å²) in [6.07, 6.45) is 1.55. The highest BCUT2D eigenvalue weighted by atomic mass is 32.1. The van der Waals surface area contributed by atoms with Gasteiger partial charge in [-0.15, -0.1) is 11.3 Å². The third-order valence-corrected chi connectivity index (χ3v) is 5.01. The lowest BCUT2D eigenvalue weighted by atomic mass is 10.1. The summed E-state index contributed by atoms with van der Waals surface area (Å²) in [6, 6.07) is 2.71. The lowest BCUT2D eigenvalue weighted by molar-refractivity contribution is -0.144. The summed E-state index contributed by atoms with van der Waals surface area (Å²) in [5, 5.41) is 12.8. The molecule has 1 saturated heterocycles. The van der Waals surface area contributed by atoms with Gasteiger partial charge in [0.25, 0.3) is 0 Å². The lowest BCUT2D eigenvalue weighted by Crippen LogP contribution is -2.48. The van der Waals surface area contributed by atoms with Gasteiger partial charge >= 0.3 is 5.97 Å². The van der Waals surface area contributed by atoms with Crippen LogP contribution in [0.4, 0.5) is 5.82 Å². The molecule has 3 heterocycles. The topological polar surface area (TPSA) is 95.6 Å². The number of hydrogen-bond acceptors (Lipinski definition) is 7. The number of nitrogen functional groups attached to an aromatic ring is 1. The Morgan fingerprint density at radius 2 is 2.12 bits per heavy atom. The van der Waals surface area contributed by atoms with Crippen molar-refractivity contribution >= 4 is 23.1 Å². The number of nitrogens with two attached hydrogens (primary N) is 1. The van der Waals surface area contributed by atoms with E-state index in [0.29, 0.717) is 24.5 Å². The van der Waals surface area contributed by atoms with E-state index in [4.69, 9.17) is 5.73 Å². The van der Waals surface area contributed by atoms with E-state index in [1.165, 1.54) is 0 Å². The molecule has 7 nitrogen and oxygen atoms in total. The first kappa shape index (κ1) is 16.8. The van der Waals surface area contributed by atoms with Crippen molar-refractivity contribution in [2.75, 3.05) is 31.9 Å². The van der Waals surface area contributed by atoms with Gasteiger partial charge in [0.15, 0.2) is 0 Å². The molecule has 0 spiro atoms. The van der Waals surface area contributed by atoms with Crippen LogP contribution in [0.1, 0.15) is 22.3 Å². The average Bonchev–Trinajstić information content (AvgIpc) is 2.96. The van der Waals surface area contributed by atoms with Gasteiger partial charge in [-0.25, -0.2) is 9.97 Å². The summed E-state index contributed by atoms with van der Waals surface area (Å²) in [5.74, 6) is -0.462. The Bertz CT molecular complexity index is 695. The fourth-order valence-electron chi connectivity index (χ4n) is 2.98. The summed E-state index contributed by atoms with van der Waals surface area (Å²) in [5.41, 5.74) is 7.34. The molecule has 0 amide bonds. The number of carbonyl (C=O) groups is 1. The number of aryl methyl sites for hydroxylation is 1. The Labute approximate surface area is 144 Å². The highest BCUT2D eigenvalue weighted by molar-refractivity contribution is 7.09. The zero-order valence-corrected chi connectivity index (χ0v) is 14.4. The maximum atomic E-state index is 11.7. The zero-order valence-electron chi connectivity index (χ0n) is 13.6. The molecule has 0 saturated carbocycles. The van der Waals surface area contributed by atoms with E-state index < -0.39 is 12.0 Å². The third kappa shape index (κ3) is 3.89. The number of carboxylic acid groups (broad SMARTS) is 1. The molecule has 0 radical (unpaired) electrons. The number of thiazole rings is 1. The van der Waals surface area contributed by atoms with Crippen LogP contribution >= 0.6 is 11.3 Å². The van der Waals surface area contributed by atoms with Gasteiger partial charge in [-0.2, -0.15) is 0 Å². The van der Waals surface area contributed by atoms with Crippen LogP contribution in [0.3, 0.4) is 0 Å². The summed E-state index contributed by atoms with van der Waals surface area (Å²) in [4.78, 5) is 24.5. The first-order chi connectivity index (χ1) is 11.5. The average molecular weight is 347 g/mol. The number of anilines is 1. The van der Waals surface area contributed by atoms with Crippen molar-refractivity contribution in [1.82, 2.24) is 19.8 Å². The smallest absolute Gasteiger partial charge is 0.325 e. The second-order valence-electron chi connectivity index (χ2n) is 5.93. The molecule has 3 N–H and O–H groups in total. The van der Waals surface area contributed by atoms with Gasteiger partial charge in [-0.05, 0) is 18.6 Å². The molecule has 24 heavy (non-hydrogen) atoms. The van der Waals surface area contributed by atoms with E-state index in [1.807, 2.05) is 11.8 Å². The molecule has 1 fully saturated rings. The van der Waals surface area contributed by atoms with Gasteiger partial charge in [0.2, 0.25) is 0 Å². The molecule has 0 aliphatic carbocycles. The van der Waals surface area contributed by atoms with Crippen molar-refractivity contribution in [3.63, 3.8) is 0 Å². The Hall–Kier alpha value is -2.03. The number of nitrogens with zero attached hydrogens (tertiary/aromatic N) is 4. The minimum Gasteiger partial charge on any atom is -0.480 e. The Morgan fingerprint density at radius 1 is 1.38 bits per heavy atom. The van der Waals surface area contributed by atoms with Crippen molar-refractivity contribution in [3.05, 3.63) is 40.0 Å². The van der Waals surface area contributed by atoms with Crippen LogP contribution in [0.5, 0.6) is 0 Å². The van der Waals surface area contributed by atoms with Crippen molar-refractivity contribution in [2.24, 2.45) is 0 Å². The van der Waals surface area contributed by atoms with Crippen LogP contribution in [0.2, 0.25) is 0 Å². The van der Waals surface area contributed by atoms with Crippen LogP contribution in [-0.2, 0) is 11.3 Å². The largest absolute Gasteiger partial charge is 0.480 e. The zero-order chi connectivity index (χ0) is 17.1. The number of piperazine rings is 1. The van der Waals surface area contributed by atoms with Gasteiger partial charge in [0, 0.05) is 44.3 Å². The number of aromatic nitrogens is 2. The predicted molar refractivity (Wildman–Crippen MR) is 92.7 cm³/mol. The standard InChI is InChI=1S/C16H21N5O2S/c1-11-19-13(10-24-11)9-20-4-6-21(7-5-20)15(16(22)23)12-2-3-14(17)18-8-12/h2-3,8,10,15H,4-7,9H2,1H3,(H2,17,18)(H,22,23). The third-order valence-electron chi connectivity index (χ3n) is 4.18. The molecule has 2 aromatic rings. The maximum absolute atomic E-state index is 11.7. The predicted octanol–water partition coefficient (Wildman–Crippen LogP) is 1.37. The second kappa shape index (κ2) is 7.25. The van der Waals surface area contributed by atoms with Crippen LogP contribution in [0.25, 0.3) is 0 Å². The Kier molecular flexibility index (Phi) is 5.08. The fourth-order valence-corrected chi connectivity index (χ4v) is 3.58. The van der Waals surface area contributed by atoms with E-state index in [-0.39, 0.29) is 0 Å². The molecule has 1 atom stereocenters. The van der Waals surface area contributed by atoms with Crippen LogP contribution in [0.15, 0.2) is 23.7 Å². The van der Waals surface area contributed by atoms with Gasteiger partial charge < -0.3 is 10.8 Å². The van der Waals surface area contributed by atoms with Crippen LogP contribution in [0, 0.1) is 6.92 Å². The van der Waals surface area contributed by atoms with Crippen molar-refractivity contribution in [3.8, 4) is 0 Å². The molecule has 0 bridgehead atoms. The fraction of sp³-hybridized carbons (Fsp3) is 0.438. The summed E-state index contributed by atoms with van der Waals surface area (Å²) >= 11 is 1.66. The molecule has 3 rings (SSSR count). The highest BCUT2D eigenvalue weighted by Gasteiger charge is 2.30. The quantitative estimate of drug-likeness (QED) is 0.843. The number of aliphatic carboxylic acids is 1. The van der Waals surface area contributed by atoms with E-state index in [0.717, 1.165) is 30.3 Å². The van der Waals surface area contributed by atoms with Gasteiger partial charge in [0.05, 0.1) is 10.7 Å². The molecular weight excluding hydrogens is 326 g/mol. The van der Waals surface area contributed by atoms with Crippen LogP contribution < -0.4 is 5.73 Å². The van der Waals surface area contributed by atoms with E-state index in [9.17, 15) is 9.90 Å². The van der Waals surface area contributed by atoms with Crippen molar-refractivity contribution in [2.45, 2.75) is 19.5 Å². The Morgan fingerprint density at radius 3 is 2.67 bits per heavy atom. The number of pyridine rings is 1. The van der Waals surface area contributed by atoms with E-state index in [2.05, 4.69) is 20.2 Å². The summed E-state index contributed by atoms with van der Waals surface area (Å²) in [7, 11) is 0. The molecule has 1 unspecified atom stereocenters.